The number of methoxy groups -OCH3 is 1. The molecule has 4 heteroatoms. The Labute approximate surface area is 100.0 Å². The van der Waals surface area contributed by atoms with E-state index in [2.05, 4.69) is 17.2 Å². The molecule has 17 heavy (non-hydrogen) atoms. The number of benzene rings is 1. The van der Waals surface area contributed by atoms with Gasteiger partial charge < -0.3 is 10.1 Å². The lowest BCUT2D eigenvalue weighted by Crippen LogP contribution is -2.24. The predicted octanol–water partition coefficient (Wildman–Crippen LogP) is 1.98. The lowest BCUT2D eigenvalue weighted by molar-refractivity contribution is 0.0954. The second kappa shape index (κ2) is 6.54. The van der Waals surface area contributed by atoms with Gasteiger partial charge in [0.2, 0.25) is 0 Å². The van der Waals surface area contributed by atoms with Crippen LogP contribution in [0.4, 0.5) is 4.39 Å². The quantitative estimate of drug-likeness (QED) is 0.640. The molecule has 0 aliphatic rings. The lowest BCUT2D eigenvalue weighted by Gasteiger charge is -2.05. The molecular weight excluding hydrogens is 221 g/mol. The molecule has 0 saturated heterocycles. The SMILES string of the molecule is CC#CCCNC(=O)c1ccc(OC)c(F)c1. The Balaban J connectivity index is 2.62. The van der Waals surface area contributed by atoms with Crippen molar-refractivity contribution in [3.8, 4) is 17.6 Å². The van der Waals surface area contributed by atoms with E-state index in [0.717, 1.165) is 6.07 Å². The lowest BCUT2D eigenvalue weighted by atomic mass is 10.2. The molecule has 0 spiro atoms. The van der Waals surface area contributed by atoms with Crippen molar-refractivity contribution in [3.63, 3.8) is 0 Å². The normalized spacial score (nSPS) is 9.12. The second-order valence-corrected chi connectivity index (χ2v) is 3.28. The highest BCUT2D eigenvalue weighted by Gasteiger charge is 2.09. The number of nitrogens with one attached hydrogen (secondary N) is 1. The Bertz CT molecular complexity index is 460. The minimum absolute atomic E-state index is 0.124. The number of ether oxygens (including phenoxy) is 1. The number of carbonyl (C=O) groups is 1. The van der Waals surface area contributed by atoms with Crippen molar-refractivity contribution < 1.29 is 13.9 Å². The summed E-state index contributed by atoms with van der Waals surface area (Å²) in [5.41, 5.74) is 0.271. The summed E-state index contributed by atoms with van der Waals surface area (Å²) in [6.45, 7) is 2.19. The molecule has 1 amide bonds. The molecule has 0 aliphatic carbocycles. The molecule has 0 saturated carbocycles. The van der Waals surface area contributed by atoms with Crippen LogP contribution in [0, 0.1) is 17.7 Å². The van der Waals surface area contributed by atoms with Gasteiger partial charge in [-0.1, -0.05) is 0 Å². The summed E-state index contributed by atoms with van der Waals surface area (Å²) in [4.78, 5) is 11.6. The van der Waals surface area contributed by atoms with Crippen molar-refractivity contribution in [3.05, 3.63) is 29.6 Å². The number of amides is 1. The van der Waals surface area contributed by atoms with Crippen LogP contribution in [0.3, 0.4) is 0 Å². The van der Waals surface area contributed by atoms with Crippen LogP contribution in [0.5, 0.6) is 5.75 Å². The van der Waals surface area contributed by atoms with Crippen LogP contribution in [0.1, 0.15) is 23.7 Å². The summed E-state index contributed by atoms with van der Waals surface area (Å²) < 4.78 is 18.1. The van der Waals surface area contributed by atoms with E-state index in [1.807, 2.05) is 0 Å². The summed E-state index contributed by atoms with van der Waals surface area (Å²) in [6.07, 6.45) is 0.584. The number of rotatable bonds is 4. The molecule has 90 valence electrons. The fourth-order valence-corrected chi connectivity index (χ4v) is 1.27. The van der Waals surface area contributed by atoms with E-state index in [1.54, 1.807) is 6.92 Å². The number of hydrogen-bond donors (Lipinski definition) is 1. The number of halogens is 1. The monoisotopic (exact) mass is 235 g/mol. The van der Waals surface area contributed by atoms with Gasteiger partial charge in [0.1, 0.15) is 0 Å². The molecule has 1 aromatic carbocycles. The van der Waals surface area contributed by atoms with E-state index >= 15 is 0 Å². The van der Waals surface area contributed by atoms with Gasteiger partial charge in [-0.3, -0.25) is 4.79 Å². The molecule has 3 nitrogen and oxygen atoms in total. The van der Waals surface area contributed by atoms with Gasteiger partial charge in [-0.15, -0.1) is 11.8 Å². The molecule has 0 fully saturated rings. The molecule has 0 heterocycles. The molecule has 0 unspecified atom stereocenters. The van der Waals surface area contributed by atoms with Crippen molar-refractivity contribution in [2.24, 2.45) is 0 Å². The molecule has 0 aliphatic heterocycles. The highest BCUT2D eigenvalue weighted by atomic mass is 19.1. The van der Waals surface area contributed by atoms with Gasteiger partial charge in [0.15, 0.2) is 11.6 Å². The first-order valence-corrected chi connectivity index (χ1v) is 5.20. The second-order valence-electron chi connectivity index (χ2n) is 3.28. The van der Waals surface area contributed by atoms with Gasteiger partial charge in [0, 0.05) is 18.5 Å². The fraction of sp³-hybridized carbons (Fsp3) is 0.308. The maximum Gasteiger partial charge on any atom is 0.251 e. The Kier molecular flexibility index (Phi) is 5.02. The van der Waals surface area contributed by atoms with Gasteiger partial charge in [0.05, 0.1) is 7.11 Å². The van der Waals surface area contributed by atoms with Crippen LogP contribution in [0.25, 0.3) is 0 Å². The van der Waals surface area contributed by atoms with Crippen molar-refractivity contribution in [1.82, 2.24) is 5.32 Å². The highest BCUT2D eigenvalue weighted by Crippen LogP contribution is 2.17. The zero-order valence-corrected chi connectivity index (χ0v) is 9.84. The zero-order valence-electron chi connectivity index (χ0n) is 9.84. The molecule has 0 aromatic heterocycles. The summed E-state index contributed by atoms with van der Waals surface area (Å²) in [6, 6.07) is 4.10. The maximum atomic E-state index is 13.3. The van der Waals surface area contributed by atoms with Crippen LogP contribution >= 0.6 is 0 Å². The standard InChI is InChI=1S/C13H14FNO2/c1-3-4-5-8-15-13(16)10-6-7-12(17-2)11(14)9-10/h6-7,9H,5,8H2,1-2H3,(H,15,16). The summed E-state index contributed by atoms with van der Waals surface area (Å²) in [5, 5.41) is 2.65. The molecule has 0 bridgehead atoms. The van der Waals surface area contributed by atoms with Crippen LogP contribution in [-0.4, -0.2) is 19.6 Å². The van der Waals surface area contributed by atoms with Crippen molar-refractivity contribution in [2.45, 2.75) is 13.3 Å². The maximum absolute atomic E-state index is 13.3. The minimum atomic E-state index is -0.548. The topological polar surface area (TPSA) is 38.3 Å². The highest BCUT2D eigenvalue weighted by molar-refractivity contribution is 5.94. The van der Waals surface area contributed by atoms with E-state index in [4.69, 9.17) is 4.74 Å². The van der Waals surface area contributed by atoms with E-state index in [-0.39, 0.29) is 17.2 Å². The first kappa shape index (κ1) is 13.0. The molecule has 0 radical (unpaired) electrons. The first-order chi connectivity index (χ1) is 8.19. The van der Waals surface area contributed by atoms with Crippen LogP contribution in [-0.2, 0) is 0 Å². The van der Waals surface area contributed by atoms with Gasteiger partial charge in [-0.2, -0.15) is 0 Å². The predicted molar refractivity (Wildman–Crippen MR) is 63.4 cm³/mol. The summed E-state index contributed by atoms with van der Waals surface area (Å²) >= 11 is 0. The molecule has 0 atom stereocenters. The Morgan fingerprint density at radius 1 is 1.53 bits per heavy atom. The smallest absolute Gasteiger partial charge is 0.251 e. The Morgan fingerprint density at radius 3 is 2.88 bits per heavy atom. The molecule has 1 rings (SSSR count). The van der Waals surface area contributed by atoms with Gasteiger partial charge in [-0.05, 0) is 25.1 Å². The van der Waals surface area contributed by atoms with Gasteiger partial charge >= 0.3 is 0 Å². The minimum Gasteiger partial charge on any atom is -0.494 e. The summed E-state index contributed by atoms with van der Waals surface area (Å²) in [7, 11) is 1.38. The zero-order chi connectivity index (χ0) is 12.7. The van der Waals surface area contributed by atoms with Crippen molar-refractivity contribution in [1.29, 1.82) is 0 Å². The van der Waals surface area contributed by atoms with E-state index in [1.165, 1.54) is 19.2 Å². The fourth-order valence-electron chi connectivity index (χ4n) is 1.27. The molecule has 1 aromatic rings. The summed E-state index contributed by atoms with van der Waals surface area (Å²) in [5.74, 6) is 4.81. The third-order valence-electron chi connectivity index (χ3n) is 2.13. The third-order valence-corrected chi connectivity index (χ3v) is 2.13. The van der Waals surface area contributed by atoms with Crippen molar-refractivity contribution in [2.75, 3.05) is 13.7 Å². The van der Waals surface area contributed by atoms with Crippen molar-refractivity contribution >= 4 is 5.91 Å². The number of hydrogen-bond acceptors (Lipinski definition) is 2. The Morgan fingerprint density at radius 2 is 2.29 bits per heavy atom. The van der Waals surface area contributed by atoms with Crippen LogP contribution in [0.15, 0.2) is 18.2 Å². The van der Waals surface area contributed by atoms with Crippen LogP contribution < -0.4 is 10.1 Å². The average molecular weight is 235 g/mol. The van der Waals surface area contributed by atoms with E-state index in [9.17, 15) is 9.18 Å². The van der Waals surface area contributed by atoms with E-state index < -0.39 is 5.82 Å². The van der Waals surface area contributed by atoms with Crippen LogP contribution in [0.2, 0.25) is 0 Å². The van der Waals surface area contributed by atoms with Gasteiger partial charge in [0.25, 0.3) is 5.91 Å². The largest absolute Gasteiger partial charge is 0.494 e. The first-order valence-electron chi connectivity index (χ1n) is 5.20. The molecular formula is C13H14FNO2. The van der Waals surface area contributed by atoms with Gasteiger partial charge in [-0.25, -0.2) is 4.39 Å². The molecule has 1 N–H and O–H groups in total. The number of carbonyl (C=O) groups excluding carboxylic acids is 1. The third kappa shape index (κ3) is 3.80. The van der Waals surface area contributed by atoms with E-state index in [0.29, 0.717) is 13.0 Å². The average Bonchev–Trinajstić information content (AvgIpc) is 2.34. The Hall–Kier alpha value is -2.02.